The van der Waals surface area contributed by atoms with Crippen molar-refractivity contribution in [1.29, 1.82) is 0 Å². The Labute approximate surface area is 180 Å². The minimum Gasteiger partial charge on any atom is -0.355 e. The zero-order valence-corrected chi connectivity index (χ0v) is 17.6. The van der Waals surface area contributed by atoms with Crippen LogP contribution < -0.4 is 10.2 Å². The number of pyridine rings is 1. The molecule has 0 unspecified atom stereocenters. The number of hydrogen-bond acceptors (Lipinski definition) is 5. The number of rotatable bonds is 5. The van der Waals surface area contributed by atoms with E-state index in [1.54, 1.807) is 36.5 Å². The van der Waals surface area contributed by atoms with E-state index >= 15 is 0 Å². The Balaban J connectivity index is 1.33. The minimum atomic E-state index is -2.93. The fourth-order valence-corrected chi connectivity index (χ4v) is 4.62. The van der Waals surface area contributed by atoms with Gasteiger partial charge in [0.25, 0.3) is 5.91 Å². The topological polar surface area (TPSA) is 79.4 Å². The Kier molecular flexibility index (Phi) is 5.99. The maximum Gasteiger partial charge on any atom is 0.251 e. The van der Waals surface area contributed by atoms with E-state index in [0.717, 1.165) is 22.5 Å². The standard InChI is InChI=1S/C23H22FN3O3S/c24-21-3-1-2-20(14-21)18-5-7-19(8-6-18)23(28)26-16-17-4-9-22(25-15-17)27-10-12-31(29,30)13-11-27/h1-9,14-15H,10-13,16H2,(H,26,28). The first-order chi connectivity index (χ1) is 14.9. The molecule has 0 spiro atoms. The molecule has 1 aliphatic rings. The van der Waals surface area contributed by atoms with Crippen LogP contribution in [0.1, 0.15) is 15.9 Å². The highest BCUT2D eigenvalue weighted by Gasteiger charge is 2.22. The van der Waals surface area contributed by atoms with Crippen LogP contribution in [-0.2, 0) is 16.4 Å². The predicted octanol–water partition coefficient (Wildman–Crippen LogP) is 3.05. The van der Waals surface area contributed by atoms with Crippen molar-refractivity contribution in [3.63, 3.8) is 0 Å². The first-order valence-corrected chi connectivity index (χ1v) is 11.8. The van der Waals surface area contributed by atoms with Gasteiger partial charge in [-0.15, -0.1) is 0 Å². The number of sulfone groups is 1. The molecule has 0 aliphatic carbocycles. The summed E-state index contributed by atoms with van der Waals surface area (Å²) in [5, 5.41) is 2.86. The number of anilines is 1. The van der Waals surface area contributed by atoms with Crippen molar-refractivity contribution in [3.8, 4) is 11.1 Å². The predicted molar refractivity (Wildman–Crippen MR) is 118 cm³/mol. The van der Waals surface area contributed by atoms with E-state index in [1.165, 1.54) is 12.1 Å². The third-order valence-electron chi connectivity index (χ3n) is 5.24. The summed E-state index contributed by atoms with van der Waals surface area (Å²) in [6.45, 7) is 1.21. The van der Waals surface area contributed by atoms with Crippen LogP contribution in [0.5, 0.6) is 0 Å². The van der Waals surface area contributed by atoms with Gasteiger partial charge in [-0.2, -0.15) is 0 Å². The lowest BCUT2D eigenvalue weighted by Crippen LogP contribution is -2.40. The molecule has 1 amide bonds. The van der Waals surface area contributed by atoms with Crippen LogP contribution in [0.2, 0.25) is 0 Å². The van der Waals surface area contributed by atoms with Gasteiger partial charge in [0, 0.05) is 31.4 Å². The number of nitrogens with zero attached hydrogens (tertiary/aromatic N) is 2. The van der Waals surface area contributed by atoms with E-state index in [4.69, 9.17) is 0 Å². The largest absolute Gasteiger partial charge is 0.355 e. The van der Waals surface area contributed by atoms with Crippen molar-refractivity contribution in [3.05, 3.63) is 83.8 Å². The monoisotopic (exact) mass is 439 g/mol. The summed E-state index contributed by atoms with van der Waals surface area (Å²) in [6.07, 6.45) is 1.69. The number of carbonyl (C=O) groups is 1. The van der Waals surface area contributed by atoms with Gasteiger partial charge in [-0.1, -0.05) is 30.3 Å². The van der Waals surface area contributed by atoms with E-state index in [1.807, 2.05) is 23.1 Å². The van der Waals surface area contributed by atoms with Gasteiger partial charge in [0.05, 0.1) is 11.5 Å². The number of aromatic nitrogens is 1. The molecule has 160 valence electrons. The van der Waals surface area contributed by atoms with Crippen molar-refractivity contribution in [2.45, 2.75) is 6.54 Å². The Morgan fingerprint density at radius 3 is 2.39 bits per heavy atom. The normalized spacial score (nSPS) is 15.5. The lowest BCUT2D eigenvalue weighted by atomic mass is 10.0. The Hall–Kier alpha value is -3.26. The Morgan fingerprint density at radius 2 is 1.74 bits per heavy atom. The second kappa shape index (κ2) is 8.85. The summed E-state index contributed by atoms with van der Waals surface area (Å²) < 4.78 is 36.5. The smallest absolute Gasteiger partial charge is 0.251 e. The highest BCUT2D eigenvalue weighted by atomic mass is 32.2. The summed E-state index contributed by atoms with van der Waals surface area (Å²) in [5.74, 6) is 0.507. The number of carbonyl (C=O) groups excluding carboxylic acids is 1. The fourth-order valence-electron chi connectivity index (χ4n) is 3.42. The molecule has 2 heterocycles. The molecule has 1 N–H and O–H groups in total. The molecule has 2 aromatic carbocycles. The van der Waals surface area contributed by atoms with E-state index in [2.05, 4.69) is 10.3 Å². The average molecular weight is 440 g/mol. The maximum absolute atomic E-state index is 13.4. The molecule has 4 rings (SSSR count). The van der Waals surface area contributed by atoms with Gasteiger partial charge in [-0.05, 0) is 47.0 Å². The lowest BCUT2D eigenvalue weighted by molar-refractivity contribution is 0.0951. The van der Waals surface area contributed by atoms with E-state index < -0.39 is 9.84 Å². The highest BCUT2D eigenvalue weighted by Crippen LogP contribution is 2.21. The molecule has 8 heteroatoms. The number of hydrogen-bond donors (Lipinski definition) is 1. The minimum absolute atomic E-state index is 0.143. The zero-order valence-electron chi connectivity index (χ0n) is 16.8. The summed E-state index contributed by atoms with van der Waals surface area (Å²) in [7, 11) is -2.93. The number of halogens is 1. The van der Waals surface area contributed by atoms with Gasteiger partial charge in [-0.3, -0.25) is 4.79 Å². The molecule has 31 heavy (non-hydrogen) atoms. The van der Waals surface area contributed by atoms with E-state index in [0.29, 0.717) is 25.2 Å². The van der Waals surface area contributed by atoms with Gasteiger partial charge >= 0.3 is 0 Å². The molecule has 1 fully saturated rings. The van der Waals surface area contributed by atoms with Gasteiger partial charge < -0.3 is 10.2 Å². The Morgan fingerprint density at radius 1 is 1.00 bits per heavy atom. The van der Waals surface area contributed by atoms with Crippen molar-refractivity contribution in [2.75, 3.05) is 29.5 Å². The van der Waals surface area contributed by atoms with Gasteiger partial charge in [0.2, 0.25) is 0 Å². The average Bonchev–Trinajstić information content (AvgIpc) is 2.78. The molecule has 1 aromatic heterocycles. The molecule has 1 saturated heterocycles. The van der Waals surface area contributed by atoms with Crippen LogP contribution in [0.15, 0.2) is 66.9 Å². The van der Waals surface area contributed by atoms with Crippen molar-refractivity contribution in [2.24, 2.45) is 0 Å². The molecular formula is C23H22FN3O3S. The van der Waals surface area contributed by atoms with Gasteiger partial charge in [0.1, 0.15) is 11.6 Å². The zero-order chi connectivity index (χ0) is 21.8. The van der Waals surface area contributed by atoms with Crippen LogP contribution in [0.3, 0.4) is 0 Å². The maximum atomic E-state index is 13.4. The van der Waals surface area contributed by atoms with Crippen LogP contribution in [0.25, 0.3) is 11.1 Å². The second-order valence-corrected chi connectivity index (χ2v) is 9.74. The quantitative estimate of drug-likeness (QED) is 0.661. The summed E-state index contributed by atoms with van der Waals surface area (Å²) in [4.78, 5) is 18.8. The number of nitrogens with one attached hydrogen (secondary N) is 1. The van der Waals surface area contributed by atoms with Gasteiger partial charge in [0.15, 0.2) is 9.84 Å². The molecule has 0 saturated carbocycles. The van der Waals surface area contributed by atoms with E-state index in [-0.39, 0.29) is 23.2 Å². The summed E-state index contributed by atoms with van der Waals surface area (Å²) >= 11 is 0. The van der Waals surface area contributed by atoms with Crippen LogP contribution in [0.4, 0.5) is 10.2 Å². The first-order valence-electron chi connectivity index (χ1n) is 9.94. The number of amides is 1. The molecule has 1 aliphatic heterocycles. The molecule has 0 radical (unpaired) electrons. The Bertz CT molecular complexity index is 1170. The molecule has 3 aromatic rings. The highest BCUT2D eigenvalue weighted by molar-refractivity contribution is 7.91. The van der Waals surface area contributed by atoms with E-state index in [9.17, 15) is 17.6 Å². The molecule has 0 atom stereocenters. The first kappa shape index (κ1) is 21.0. The lowest BCUT2D eigenvalue weighted by Gasteiger charge is -2.27. The fraction of sp³-hybridized carbons (Fsp3) is 0.217. The molecule has 6 nitrogen and oxygen atoms in total. The number of benzene rings is 2. The van der Waals surface area contributed by atoms with Crippen LogP contribution >= 0.6 is 0 Å². The molecular weight excluding hydrogens is 417 g/mol. The second-order valence-electron chi connectivity index (χ2n) is 7.43. The summed E-state index contributed by atoms with van der Waals surface area (Å²) in [6, 6.07) is 17.0. The van der Waals surface area contributed by atoms with Crippen molar-refractivity contribution >= 4 is 21.6 Å². The van der Waals surface area contributed by atoms with Crippen LogP contribution in [-0.4, -0.2) is 43.9 Å². The van der Waals surface area contributed by atoms with Crippen LogP contribution in [0, 0.1) is 5.82 Å². The SMILES string of the molecule is O=C(NCc1ccc(N2CCS(=O)(=O)CC2)nc1)c1ccc(-c2cccc(F)c2)cc1. The molecule has 0 bridgehead atoms. The summed E-state index contributed by atoms with van der Waals surface area (Å²) in [5.41, 5.74) is 2.95. The van der Waals surface area contributed by atoms with Gasteiger partial charge in [-0.25, -0.2) is 17.8 Å². The van der Waals surface area contributed by atoms with Crippen molar-refractivity contribution in [1.82, 2.24) is 10.3 Å². The third kappa shape index (κ3) is 5.27. The third-order valence-corrected chi connectivity index (χ3v) is 6.84. The van der Waals surface area contributed by atoms with Crippen molar-refractivity contribution < 1.29 is 17.6 Å².